The van der Waals surface area contributed by atoms with Gasteiger partial charge in [0.25, 0.3) is 0 Å². The van der Waals surface area contributed by atoms with Crippen molar-refractivity contribution >= 4 is 29.2 Å². The van der Waals surface area contributed by atoms with Crippen molar-refractivity contribution in [3.63, 3.8) is 0 Å². The number of para-hydroxylation sites is 1. The van der Waals surface area contributed by atoms with Crippen LogP contribution < -0.4 is 4.84 Å². The molecule has 0 heterocycles. The molecule has 0 spiro atoms. The number of hydrogen-bond acceptors (Lipinski definition) is 2. The molecular formula is C7H5ClF3NS. The van der Waals surface area contributed by atoms with E-state index in [0.29, 0.717) is 0 Å². The van der Waals surface area contributed by atoms with E-state index in [1.54, 1.807) is 6.07 Å². The first-order valence-corrected chi connectivity index (χ1v) is 4.44. The van der Waals surface area contributed by atoms with Gasteiger partial charge in [-0.3, -0.25) is 4.84 Å². The number of benzene rings is 1. The predicted octanol–water partition coefficient (Wildman–Crippen LogP) is 3.86. The number of rotatable bonds is 2. The Kier molecular flexibility index (Phi) is 3.33. The van der Waals surface area contributed by atoms with Crippen molar-refractivity contribution in [2.75, 3.05) is 4.84 Å². The molecule has 0 atom stereocenters. The summed E-state index contributed by atoms with van der Waals surface area (Å²) >= 11 is 5.04. The maximum atomic E-state index is 11.9. The van der Waals surface area contributed by atoms with Gasteiger partial charge in [-0.25, -0.2) is 0 Å². The summed E-state index contributed by atoms with van der Waals surface area (Å²) < 4.78 is 35.8. The third-order valence-electron chi connectivity index (χ3n) is 1.21. The van der Waals surface area contributed by atoms with Crippen molar-refractivity contribution in [2.24, 2.45) is 0 Å². The molecule has 0 saturated carbocycles. The molecule has 1 N–H and O–H groups in total. The fourth-order valence-corrected chi connectivity index (χ4v) is 1.60. The van der Waals surface area contributed by atoms with Gasteiger partial charge in [0.05, 0.1) is 5.69 Å². The summed E-state index contributed by atoms with van der Waals surface area (Å²) in [7, 11) is 0. The average Bonchev–Trinajstić information content (AvgIpc) is 2.02. The molecule has 0 aromatic heterocycles. The summed E-state index contributed by atoms with van der Waals surface area (Å²) in [4.78, 5) is 2.23. The van der Waals surface area contributed by atoms with E-state index in [0.717, 1.165) is 0 Å². The maximum Gasteiger partial charge on any atom is 0.446 e. The van der Waals surface area contributed by atoms with Crippen molar-refractivity contribution in [2.45, 2.75) is 10.4 Å². The Labute approximate surface area is 82.4 Å². The molecule has 13 heavy (non-hydrogen) atoms. The normalized spacial score (nSPS) is 11.4. The average molecular weight is 228 g/mol. The Morgan fingerprint density at radius 1 is 1.23 bits per heavy atom. The Balaban J connectivity index is 2.87. The molecule has 1 aromatic rings. The van der Waals surface area contributed by atoms with E-state index in [1.165, 1.54) is 18.2 Å². The largest absolute Gasteiger partial charge is 0.446 e. The van der Waals surface area contributed by atoms with Gasteiger partial charge in [-0.15, -0.1) is 0 Å². The molecule has 0 unspecified atom stereocenters. The van der Waals surface area contributed by atoms with Crippen molar-refractivity contribution in [1.82, 2.24) is 0 Å². The van der Waals surface area contributed by atoms with Gasteiger partial charge in [-0.05, 0) is 23.9 Å². The smallest absolute Gasteiger partial charge is 0.297 e. The quantitative estimate of drug-likeness (QED) is 0.608. The van der Waals surface area contributed by atoms with Crippen molar-refractivity contribution < 1.29 is 13.2 Å². The van der Waals surface area contributed by atoms with Crippen molar-refractivity contribution in [3.05, 3.63) is 24.3 Å². The summed E-state index contributed by atoms with van der Waals surface area (Å²) in [5.74, 6) is 0. The van der Waals surface area contributed by atoms with E-state index in [-0.39, 0.29) is 22.3 Å². The third-order valence-corrected chi connectivity index (χ3v) is 2.23. The highest BCUT2D eigenvalue weighted by Crippen LogP contribution is 2.40. The van der Waals surface area contributed by atoms with Crippen LogP contribution in [-0.2, 0) is 0 Å². The van der Waals surface area contributed by atoms with Crippen LogP contribution >= 0.6 is 23.5 Å². The van der Waals surface area contributed by atoms with Crippen LogP contribution in [0.4, 0.5) is 18.9 Å². The fraction of sp³-hybridized carbons (Fsp3) is 0.143. The second-order valence-corrected chi connectivity index (χ2v) is 3.43. The Morgan fingerprint density at radius 2 is 1.85 bits per heavy atom. The van der Waals surface area contributed by atoms with Crippen LogP contribution in [0.15, 0.2) is 29.2 Å². The van der Waals surface area contributed by atoms with Crippen molar-refractivity contribution in [3.8, 4) is 0 Å². The zero-order valence-electron chi connectivity index (χ0n) is 6.23. The Bertz CT molecular complexity index is 289. The van der Waals surface area contributed by atoms with E-state index >= 15 is 0 Å². The second-order valence-electron chi connectivity index (χ2n) is 2.14. The lowest BCUT2D eigenvalue weighted by Gasteiger charge is -2.08. The number of alkyl halides is 3. The van der Waals surface area contributed by atoms with Crippen LogP contribution in [0.3, 0.4) is 0 Å². The highest BCUT2D eigenvalue weighted by atomic mass is 35.5. The summed E-state index contributed by atoms with van der Waals surface area (Å²) in [5.41, 5.74) is -4.03. The number of halogens is 4. The minimum absolute atomic E-state index is 0.0602. The molecular weight excluding hydrogens is 223 g/mol. The van der Waals surface area contributed by atoms with Crippen molar-refractivity contribution in [1.29, 1.82) is 0 Å². The van der Waals surface area contributed by atoms with Gasteiger partial charge in [0.2, 0.25) is 0 Å². The maximum absolute atomic E-state index is 11.9. The predicted molar refractivity (Wildman–Crippen MR) is 47.8 cm³/mol. The first-order valence-electron chi connectivity index (χ1n) is 3.24. The molecule has 0 bridgehead atoms. The molecule has 0 fully saturated rings. The molecule has 0 aliphatic heterocycles. The van der Waals surface area contributed by atoms with Gasteiger partial charge in [0.15, 0.2) is 0 Å². The van der Waals surface area contributed by atoms with E-state index in [4.69, 9.17) is 11.8 Å². The number of hydrogen-bond donors (Lipinski definition) is 1. The van der Waals surface area contributed by atoms with Gasteiger partial charge in [0.1, 0.15) is 0 Å². The van der Waals surface area contributed by atoms with Crippen LogP contribution in [0.2, 0.25) is 0 Å². The van der Waals surface area contributed by atoms with Gasteiger partial charge in [0, 0.05) is 16.7 Å². The molecule has 0 aliphatic carbocycles. The molecule has 0 amide bonds. The topological polar surface area (TPSA) is 12.0 Å². The second kappa shape index (κ2) is 4.11. The Morgan fingerprint density at radius 3 is 2.38 bits per heavy atom. The molecule has 0 radical (unpaired) electrons. The minimum atomic E-state index is -4.29. The SMILES string of the molecule is FC(F)(F)Sc1ccccc1NCl. The highest BCUT2D eigenvalue weighted by molar-refractivity contribution is 8.00. The van der Waals surface area contributed by atoms with Crippen LogP contribution in [0.25, 0.3) is 0 Å². The zero-order valence-corrected chi connectivity index (χ0v) is 7.80. The number of anilines is 1. The summed E-state index contributed by atoms with van der Waals surface area (Å²) in [6, 6.07) is 5.95. The highest BCUT2D eigenvalue weighted by Gasteiger charge is 2.30. The lowest BCUT2D eigenvalue weighted by molar-refractivity contribution is -0.0327. The van der Waals surface area contributed by atoms with Gasteiger partial charge in [-0.2, -0.15) is 13.2 Å². The molecule has 0 saturated heterocycles. The molecule has 72 valence electrons. The fourth-order valence-electron chi connectivity index (χ4n) is 0.758. The minimum Gasteiger partial charge on any atom is -0.297 e. The van der Waals surface area contributed by atoms with Crippen LogP contribution in [0, 0.1) is 0 Å². The molecule has 6 heteroatoms. The Hall–Kier alpha value is -0.550. The zero-order chi connectivity index (χ0) is 9.90. The molecule has 1 aromatic carbocycles. The van der Waals surface area contributed by atoms with E-state index in [1.807, 2.05) is 0 Å². The molecule has 0 aliphatic rings. The van der Waals surface area contributed by atoms with E-state index in [2.05, 4.69) is 4.84 Å². The monoisotopic (exact) mass is 227 g/mol. The number of thioether (sulfide) groups is 1. The van der Waals surface area contributed by atoms with Gasteiger partial charge >= 0.3 is 5.51 Å². The third kappa shape index (κ3) is 3.36. The summed E-state index contributed by atoms with van der Waals surface area (Å²) in [5, 5.41) is 0. The first-order chi connectivity index (χ1) is 6.03. The molecule has 1 rings (SSSR count). The lowest BCUT2D eigenvalue weighted by Crippen LogP contribution is -2.00. The summed E-state index contributed by atoms with van der Waals surface area (Å²) in [6.45, 7) is 0. The van der Waals surface area contributed by atoms with Gasteiger partial charge in [-0.1, -0.05) is 12.1 Å². The van der Waals surface area contributed by atoms with E-state index in [9.17, 15) is 13.2 Å². The van der Waals surface area contributed by atoms with Crippen LogP contribution in [-0.4, -0.2) is 5.51 Å². The van der Waals surface area contributed by atoms with Crippen LogP contribution in [0.1, 0.15) is 0 Å². The standard InChI is InChI=1S/C7H5ClF3NS/c8-12-5-3-1-2-4-6(5)13-7(9,10)11/h1-4,12H. The molecule has 1 nitrogen and oxygen atoms in total. The van der Waals surface area contributed by atoms with Gasteiger partial charge < -0.3 is 0 Å². The first kappa shape index (κ1) is 10.5. The van der Waals surface area contributed by atoms with Crippen LogP contribution in [0.5, 0.6) is 0 Å². The number of nitrogens with one attached hydrogen (secondary N) is 1. The summed E-state index contributed by atoms with van der Waals surface area (Å²) in [6.07, 6.45) is 0. The van der Waals surface area contributed by atoms with E-state index < -0.39 is 5.51 Å². The lowest BCUT2D eigenvalue weighted by atomic mass is 10.3.